The second kappa shape index (κ2) is 9.07. The quantitative estimate of drug-likeness (QED) is 0.563. The normalized spacial score (nSPS) is 12.3. The Balaban J connectivity index is 1.93. The Morgan fingerprint density at radius 1 is 1.00 bits per heavy atom. The Labute approximate surface area is 172 Å². The molecule has 5 heteroatoms. The number of hydrogen-bond acceptors (Lipinski definition) is 3. The van der Waals surface area contributed by atoms with E-state index in [1.807, 2.05) is 61.5 Å². The molecule has 1 atom stereocenters. The molecule has 3 aromatic carbocycles. The van der Waals surface area contributed by atoms with Crippen LogP contribution in [-0.4, -0.2) is 15.5 Å². The summed E-state index contributed by atoms with van der Waals surface area (Å²) in [6.45, 7) is 6.10. The van der Waals surface area contributed by atoms with E-state index in [2.05, 4.69) is 11.3 Å². The van der Waals surface area contributed by atoms with Crippen LogP contribution >= 0.6 is 0 Å². The van der Waals surface area contributed by atoms with Crippen LogP contribution in [0.4, 0.5) is 0 Å². The van der Waals surface area contributed by atoms with Crippen LogP contribution in [0, 0.1) is 6.92 Å². The van der Waals surface area contributed by atoms with Gasteiger partial charge in [-0.2, -0.15) is 0 Å². The summed E-state index contributed by atoms with van der Waals surface area (Å²) in [5, 5.41) is 0. The first-order chi connectivity index (χ1) is 13.9. The lowest BCUT2D eigenvalue weighted by Gasteiger charge is -2.21. The monoisotopic (exact) mass is 407 g/mol. The maximum absolute atomic E-state index is 13.0. The van der Waals surface area contributed by atoms with Crippen molar-refractivity contribution in [3.8, 4) is 5.75 Å². The molecule has 0 heterocycles. The molecule has 0 saturated carbocycles. The van der Waals surface area contributed by atoms with Crippen molar-refractivity contribution >= 4 is 15.6 Å². The number of sulfonamides is 1. The number of methoxy groups -OCH3 is 1. The first-order valence-electron chi connectivity index (χ1n) is 9.35. The molecule has 150 valence electrons. The SMILES string of the molecule is C=C(CC(NS(=O)(=O)c1ccc(C)cc1)c1cccc(OC)c1)c1ccccc1. The highest BCUT2D eigenvalue weighted by molar-refractivity contribution is 7.89. The highest BCUT2D eigenvalue weighted by Crippen LogP contribution is 2.29. The van der Waals surface area contributed by atoms with E-state index in [9.17, 15) is 8.42 Å². The van der Waals surface area contributed by atoms with E-state index in [-0.39, 0.29) is 4.90 Å². The topological polar surface area (TPSA) is 55.4 Å². The van der Waals surface area contributed by atoms with Crippen LogP contribution < -0.4 is 9.46 Å². The van der Waals surface area contributed by atoms with E-state index >= 15 is 0 Å². The van der Waals surface area contributed by atoms with Gasteiger partial charge < -0.3 is 4.74 Å². The lowest BCUT2D eigenvalue weighted by Crippen LogP contribution is -2.29. The first kappa shape index (κ1) is 20.8. The molecular formula is C24H25NO3S. The maximum Gasteiger partial charge on any atom is 0.241 e. The Hall–Kier alpha value is -2.89. The van der Waals surface area contributed by atoms with Crippen molar-refractivity contribution in [3.05, 3.63) is 102 Å². The number of nitrogens with one attached hydrogen (secondary N) is 1. The molecule has 0 aliphatic heterocycles. The minimum absolute atomic E-state index is 0.237. The van der Waals surface area contributed by atoms with Crippen molar-refractivity contribution in [3.63, 3.8) is 0 Å². The fourth-order valence-corrected chi connectivity index (χ4v) is 4.32. The number of benzene rings is 3. The minimum atomic E-state index is -3.70. The zero-order valence-corrected chi connectivity index (χ0v) is 17.4. The Bertz CT molecular complexity index is 1070. The minimum Gasteiger partial charge on any atom is -0.497 e. The van der Waals surface area contributed by atoms with Crippen molar-refractivity contribution < 1.29 is 13.2 Å². The molecule has 29 heavy (non-hydrogen) atoms. The number of rotatable bonds is 8. The Kier molecular flexibility index (Phi) is 6.52. The van der Waals surface area contributed by atoms with Gasteiger partial charge in [0.2, 0.25) is 10.0 Å². The molecule has 0 saturated heterocycles. The Morgan fingerprint density at radius 3 is 2.34 bits per heavy atom. The van der Waals surface area contributed by atoms with Crippen LogP contribution in [0.25, 0.3) is 5.57 Å². The van der Waals surface area contributed by atoms with Gasteiger partial charge in [0.05, 0.1) is 18.0 Å². The van der Waals surface area contributed by atoms with Crippen LogP contribution in [0.1, 0.15) is 29.2 Å². The molecule has 0 radical (unpaired) electrons. The van der Waals surface area contributed by atoms with Gasteiger partial charge in [0.1, 0.15) is 5.75 Å². The van der Waals surface area contributed by atoms with Gasteiger partial charge in [0, 0.05) is 0 Å². The predicted molar refractivity (Wildman–Crippen MR) is 117 cm³/mol. The average molecular weight is 408 g/mol. The summed E-state index contributed by atoms with van der Waals surface area (Å²) in [4.78, 5) is 0.237. The van der Waals surface area contributed by atoms with Crippen molar-refractivity contribution in [2.45, 2.75) is 24.3 Å². The third-order valence-corrected chi connectivity index (χ3v) is 6.25. The van der Waals surface area contributed by atoms with Gasteiger partial charge in [0.15, 0.2) is 0 Å². The van der Waals surface area contributed by atoms with Crippen LogP contribution in [0.3, 0.4) is 0 Å². The van der Waals surface area contributed by atoms with Gasteiger partial charge in [-0.25, -0.2) is 13.1 Å². The fourth-order valence-electron chi connectivity index (χ4n) is 3.10. The lowest BCUT2D eigenvalue weighted by atomic mass is 9.96. The lowest BCUT2D eigenvalue weighted by molar-refractivity contribution is 0.413. The average Bonchev–Trinajstić information content (AvgIpc) is 2.74. The fraction of sp³-hybridized carbons (Fsp3) is 0.167. The summed E-state index contributed by atoms with van der Waals surface area (Å²) in [5.74, 6) is 0.673. The molecule has 1 unspecified atom stereocenters. The van der Waals surface area contributed by atoms with Crippen LogP contribution in [0.15, 0.2) is 90.3 Å². The van der Waals surface area contributed by atoms with Gasteiger partial charge in [-0.05, 0) is 54.3 Å². The van der Waals surface area contributed by atoms with Gasteiger partial charge >= 0.3 is 0 Å². The molecule has 0 bridgehead atoms. The third kappa shape index (κ3) is 5.34. The molecule has 0 fully saturated rings. The summed E-state index contributed by atoms with van der Waals surface area (Å²) in [6.07, 6.45) is 0.433. The van der Waals surface area contributed by atoms with Crippen molar-refractivity contribution in [1.29, 1.82) is 0 Å². The Morgan fingerprint density at radius 2 is 1.69 bits per heavy atom. The zero-order valence-electron chi connectivity index (χ0n) is 16.6. The number of hydrogen-bond donors (Lipinski definition) is 1. The molecule has 0 aromatic heterocycles. The van der Waals surface area contributed by atoms with E-state index in [1.54, 1.807) is 31.4 Å². The van der Waals surface area contributed by atoms with Crippen LogP contribution in [-0.2, 0) is 10.0 Å². The van der Waals surface area contributed by atoms with Crippen LogP contribution in [0.5, 0.6) is 5.75 Å². The zero-order chi connectivity index (χ0) is 20.9. The summed E-state index contributed by atoms with van der Waals surface area (Å²) in [5.41, 5.74) is 3.66. The maximum atomic E-state index is 13.0. The van der Waals surface area contributed by atoms with E-state index in [1.165, 1.54) is 0 Å². The van der Waals surface area contributed by atoms with Crippen molar-refractivity contribution in [2.24, 2.45) is 0 Å². The molecule has 3 rings (SSSR count). The molecule has 3 aromatic rings. The summed E-state index contributed by atoms with van der Waals surface area (Å²) >= 11 is 0. The van der Waals surface area contributed by atoms with Crippen molar-refractivity contribution in [1.82, 2.24) is 4.72 Å². The molecular weight excluding hydrogens is 382 g/mol. The molecule has 4 nitrogen and oxygen atoms in total. The van der Waals surface area contributed by atoms with E-state index in [0.717, 1.165) is 22.3 Å². The van der Waals surface area contributed by atoms with Gasteiger partial charge in [-0.1, -0.05) is 66.7 Å². The molecule has 1 N–H and O–H groups in total. The highest BCUT2D eigenvalue weighted by atomic mass is 32.2. The number of aryl methyl sites for hydroxylation is 1. The van der Waals surface area contributed by atoms with Crippen LogP contribution in [0.2, 0.25) is 0 Å². The molecule has 0 amide bonds. The largest absolute Gasteiger partial charge is 0.497 e. The molecule has 0 aliphatic rings. The summed E-state index contributed by atoms with van der Waals surface area (Å²) < 4.78 is 34.2. The first-order valence-corrected chi connectivity index (χ1v) is 10.8. The second-order valence-electron chi connectivity index (χ2n) is 6.94. The predicted octanol–water partition coefficient (Wildman–Crippen LogP) is 5.13. The summed E-state index contributed by atoms with van der Waals surface area (Å²) in [6, 6.07) is 23.5. The molecule has 0 aliphatic carbocycles. The smallest absolute Gasteiger partial charge is 0.241 e. The van der Waals surface area contributed by atoms with Gasteiger partial charge in [-0.3, -0.25) is 0 Å². The molecule has 0 spiro atoms. The number of ether oxygens (including phenoxy) is 1. The standard InChI is InChI=1S/C24H25NO3S/c1-18-12-14-23(15-13-18)29(26,27)25-24(21-10-7-11-22(17-21)28-3)16-19(2)20-8-5-4-6-9-20/h4-15,17,24-25H,2,16H2,1,3H3. The second-order valence-corrected chi connectivity index (χ2v) is 8.65. The van der Waals surface area contributed by atoms with E-state index < -0.39 is 16.1 Å². The van der Waals surface area contributed by atoms with Crippen molar-refractivity contribution in [2.75, 3.05) is 7.11 Å². The van der Waals surface area contributed by atoms with E-state index in [4.69, 9.17) is 4.74 Å². The summed E-state index contributed by atoms with van der Waals surface area (Å²) in [7, 11) is -2.11. The highest BCUT2D eigenvalue weighted by Gasteiger charge is 2.23. The van der Waals surface area contributed by atoms with Gasteiger partial charge in [0.25, 0.3) is 0 Å². The van der Waals surface area contributed by atoms with E-state index in [0.29, 0.717) is 12.2 Å². The van der Waals surface area contributed by atoms with Gasteiger partial charge in [-0.15, -0.1) is 0 Å². The third-order valence-electron chi connectivity index (χ3n) is 4.76.